The molecule has 0 fully saturated rings. The fraction of sp³-hybridized carbons (Fsp3) is 0.312. The highest BCUT2D eigenvalue weighted by molar-refractivity contribution is 5.35. The number of nitrogens with zero attached hydrogens (tertiary/aromatic N) is 1. The molecule has 1 aliphatic rings. The van der Waals surface area contributed by atoms with Gasteiger partial charge in [0.2, 0.25) is 0 Å². The van der Waals surface area contributed by atoms with Crippen LogP contribution in [0.1, 0.15) is 17.2 Å². The predicted octanol–water partition coefficient (Wildman–Crippen LogP) is 2.73. The summed E-state index contributed by atoms with van der Waals surface area (Å²) in [6.07, 6.45) is 3.85. The molecule has 0 bridgehead atoms. The van der Waals surface area contributed by atoms with Gasteiger partial charge in [0.25, 0.3) is 0 Å². The van der Waals surface area contributed by atoms with Crippen molar-refractivity contribution in [2.24, 2.45) is 5.92 Å². The van der Waals surface area contributed by atoms with E-state index < -0.39 is 0 Å². The van der Waals surface area contributed by atoms with Crippen LogP contribution in [-0.2, 0) is 6.42 Å². The quantitative estimate of drug-likeness (QED) is 0.933. The summed E-state index contributed by atoms with van der Waals surface area (Å²) in [6.45, 7) is 0.624. The molecule has 2 unspecified atom stereocenters. The Bertz CT molecular complexity index is 603. The Kier molecular flexibility index (Phi) is 3.65. The van der Waals surface area contributed by atoms with E-state index in [4.69, 9.17) is 4.74 Å². The Morgan fingerprint density at radius 1 is 1.35 bits per heavy atom. The van der Waals surface area contributed by atoms with Gasteiger partial charge < -0.3 is 10.1 Å². The Morgan fingerprint density at radius 2 is 2.20 bits per heavy atom. The van der Waals surface area contributed by atoms with Gasteiger partial charge in [-0.25, -0.2) is 4.39 Å². The Labute approximate surface area is 117 Å². The number of pyridine rings is 1. The summed E-state index contributed by atoms with van der Waals surface area (Å²) < 4.78 is 19.2. The van der Waals surface area contributed by atoms with Crippen LogP contribution in [0.5, 0.6) is 5.75 Å². The van der Waals surface area contributed by atoms with Crippen LogP contribution >= 0.6 is 0 Å². The van der Waals surface area contributed by atoms with Crippen LogP contribution in [0.2, 0.25) is 0 Å². The Balaban J connectivity index is 1.85. The second kappa shape index (κ2) is 5.59. The molecule has 2 atom stereocenters. The van der Waals surface area contributed by atoms with Crippen molar-refractivity contribution in [3.8, 4) is 5.75 Å². The number of halogens is 1. The summed E-state index contributed by atoms with van der Waals surface area (Å²) in [5.41, 5.74) is 2.06. The molecule has 3 rings (SSSR count). The molecular weight excluding hydrogens is 255 g/mol. The van der Waals surface area contributed by atoms with Crippen molar-refractivity contribution in [3.05, 3.63) is 59.7 Å². The van der Waals surface area contributed by atoms with Crippen LogP contribution in [0.3, 0.4) is 0 Å². The van der Waals surface area contributed by atoms with Crippen molar-refractivity contribution in [2.75, 3.05) is 13.7 Å². The zero-order valence-electron chi connectivity index (χ0n) is 11.3. The van der Waals surface area contributed by atoms with Crippen molar-refractivity contribution in [1.29, 1.82) is 0 Å². The molecule has 0 spiro atoms. The molecule has 20 heavy (non-hydrogen) atoms. The van der Waals surface area contributed by atoms with E-state index in [2.05, 4.69) is 16.4 Å². The molecular formula is C16H17FN2O. The van der Waals surface area contributed by atoms with Gasteiger partial charge in [-0.15, -0.1) is 0 Å². The summed E-state index contributed by atoms with van der Waals surface area (Å²) >= 11 is 0. The lowest BCUT2D eigenvalue weighted by atomic mass is 9.87. The van der Waals surface area contributed by atoms with Crippen molar-refractivity contribution >= 4 is 0 Å². The second-order valence-electron chi connectivity index (χ2n) is 5.09. The van der Waals surface area contributed by atoms with Gasteiger partial charge in [0.05, 0.1) is 12.8 Å². The van der Waals surface area contributed by atoms with Crippen LogP contribution in [0.4, 0.5) is 4.39 Å². The van der Waals surface area contributed by atoms with Crippen molar-refractivity contribution in [1.82, 2.24) is 10.3 Å². The van der Waals surface area contributed by atoms with Gasteiger partial charge in [-0.1, -0.05) is 18.2 Å². The smallest absolute Gasteiger partial charge is 0.141 e. The lowest BCUT2D eigenvalue weighted by Crippen LogP contribution is -2.33. The van der Waals surface area contributed by atoms with Crippen LogP contribution < -0.4 is 10.1 Å². The molecule has 0 radical (unpaired) electrons. The van der Waals surface area contributed by atoms with E-state index >= 15 is 0 Å². The first kappa shape index (κ1) is 13.1. The SMILES string of the molecule is CNC(c1cncc(F)c1)C1COc2ccccc2C1. The average Bonchev–Trinajstić information content (AvgIpc) is 2.48. The van der Waals surface area contributed by atoms with E-state index in [1.807, 2.05) is 25.2 Å². The number of benzene rings is 1. The third-order valence-corrected chi connectivity index (χ3v) is 3.78. The highest BCUT2D eigenvalue weighted by atomic mass is 19.1. The molecule has 1 N–H and O–H groups in total. The lowest BCUT2D eigenvalue weighted by Gasteiger charge is -2.31. The standard InChI is InChI=1S/C16H17FN2O/c1-18-16(12-7-14(17)9-19-8-12)13-6-11-4-2-3-5-15(11)20-10-13/h2-5,7-9,13,16,18H,6,10H2,1H3. The maximum atomic E-state index is 13.3. The zero-order valence-corrected chi connectivity index (χ0v) is 11.3. The summed E-state index contributed by atoms with van der Waals surface area (Å²) in [7, 11) is 1.89. The molecule has 1 aliphatic heterocycles. The summed E-state index contributed by atoms with van der Waals surface area (Å²) in [5, 5.41) is 3.26. The van der Waals surface area contributed by atoms with Crippen LogP contribution in [0.25, 0.3) is 0 Å². The number of aromatic nitrogens is 1. The second-order valence-corrected chi connectivity index (χ2v) is 5.09. The lowest BCUT2D eigenvalue weighted by molar-refractivity contribution is 0.188. The number of fused-ring (bicyclic) bond motifs is 1. The molecule has 2 aromatic rings. The Hall–Kier alpha value is -1.94. The maximum absolute atomic E-state index is 13.3. The first-order valence-corrected chi connectivity index (χ1v) is 6.76. The first-order chi connectivity index (χ1) is 9.78. The van der Waals surface area contributed by atoms with Gasteiger partial charge in [0, 0.05) is 18.2 Å². The third kappa shape index (κ3) is 2.51. The molecule has 4 heteroatoms. The first-order valence-electron chi connectivity index (χ1n) is 6.76. The minimum atomic E-state index is -0.306. The third-order valence-electron chi connectivity index (χ3n) is 3.78. The monoisotopic (exact) mass is 272 g/mol. The normalized spacial score (nSPS) is 19.0. The molecule has 104 valence electrons. The molecule has 1 aromatic heterocycles. The number of nitrogens with one attached hydrogen (secondary N) is 1. The Morgan fingerprint density at radius 3 is 3.00 bits per heavy atom. The minimum Gasteiger partial charge on any atom is -0.493 e. The zero-order chi connectivity index (χ0) is 13.9. The molecule has 0 amide bonds. The van der Waals surface area contributed by atoms with Gasteiger partial charge in [-0.3, -0.25) is 4.98 Å². The summed E-state index contributed by atoms with van der Waals surface area (Å²) in [6, 6.07) is 9.64. The molecule has 2 heterocycles. The minimum absolute atomic E-state index is 0.0338. The average molecular weight is 272 g/mol. The largest absolute Gasteiger partial charge is 0.493 e. The topological polar surface area (TPSA) is 34.2 Å². The fourth-order valence-corrected chi connectivity index (χ4v) is 2.84. The number of ether oxygens (including phenoxy) is 1. The van der Waals surface area contributed by atoms with Crippen LogP contribution in [-0.4, -0.2) is 18.6 Å². The van der Waals surface area contributed by atoms with E-state index in [1.165, 1.54) is 17.8 Å². The maximum Gasteiger partial charge on any atom is 0.141 e. The number of hydrogen-bond acceptors (Lipinski definition) is 3. The van der Waals surface area contributed by atoms with Crippen molar-refractivity contribution < 1.29 is 9.13 Å². The van der Waals surface area contributed by atoms with E-state index in [0.717, 1.165) is 17.7 Å². The fourth-order valence-electron chi connectivity index (χ4n) is 2.84. The van der Waals surface area contributed by atoms with Crippen LogP contribution in [0.15, 0.2) is 42.7 Å². The van der Waals surface area contributed by atoms with Gasteiger partial charge in [0.15, 0.2) is 0 Å². The predicted molar refractivity (Wildman–Crippen MR) is 75.1 cm³/mol. The molecule has 3 nitrogen and oxygen atoms in total. The van der Waals surface area contributed by atoms with Crippen LogP contribution in [0, 0.1) is 11.7 Å². The molecule has 1 aromatic carbocycles. The molecule has 0 aliphatic carbocycles. The van der Waals surface area contributed by atoms with Crippen molar-refractivity contribution in [2.45, 2.75) is 12.5 Å². The van der Waals surface area contributed by atoms with Gasteiger partial charge in [-0.05, 0) is 36.7 Å². The van der Waals surface area contributed by atoms with E-state index in [0.29, 0.717) is 6.61 Å². The van der Waals surface area contributed by atoms with Gasteiger partial charge in [-0.2, -0.15) is 0 Å². The van der Waals surface area contributed by atoms with Gasteiger partial charge in [0.1, 0.15) is 11.6 Å². The highest BCUT2D eigenvalue weighted by Gasteiger charge is 2.27. The number of rotatable bonds is 3. The van der Waals surface area contributed by atoms with Gasteiger partial charge >= 0.3 is 0 Å². The molecule has 0 saturated carbocycles. The van der Waals surface area contributed by atoms with Crippen molar-refractivity contribution in [3.63, 3.8) is 0 Å². The number of para-hydroxylation sites is 1. The summed E-state index contributed by atoms with van der Waals surface area (Å²) in [4.78, 5) is 3.94. The number of hydrogen-bond donors (Lipinski definition) is 1. The van der Waals surface area contributed by atoms with E-state index in [1.54, 1.807) is 6.20 Å². The summed E-state index contributed by atoms with van der Waals surface area (Å²) in [5.74, 6) is 0.911. The highest BCUT2D eigenvalue weighted by Crippen LogP contribution is 2.33. The van der Waals surface area contributed by atoms with E-state index in [-0.39, 0.29) is 17.8 Å². The van der Waals surface area contributed by atoms with E-state index in [9.17, 15) is 4.39 Å². The molecule has 0 saturated heterocycles.